The van der Waals surface area contributed by atoms with Gasteiger partial charge in [-0.15, -0.1) is 0 Å². The summed E-state index contributed by atoms with van der Waals surface area (Å²) in [5.41, 5.74) is 1.92. The Morgan fingerprint density at radius 3 is 2.50 bits per heavy atom. The summed E-state index contributed by atoms with van der Waals surface area (Å²) in [7, 11) is -3.18. The second-order valence-electron chi connectivity index (χ2n) is 4.80. The SMILES string of the molecule is O=C(O)c1ccc2c(c1)CN(S(=O)(=O)C1CC1)C2. The van der Waals surface area contributed by atoms with Crippen LogP contribution in [0, 0.1) is 0 Å². The van der Waals surface area contributed by atoms with Crippen molar-refractivity contribution in [2.24, 2.45) is 0 Å². The van der Waals surface area contributed by atoms with E-state index in [4.69, 9.17) is 5.11 Å². The zero-order chi connectivity index (χ0) is 12.9. The molecule has 1 aliphatic carbocycles. The third-order valence-corrected chi connectivity index (χ3v) is 5.74. The molecule has 6 heteroatoms. The van der Waals surface area contributed by atoms with E-state index in [9.17, 15) is 13.2 Å². The van der Waals surface area contributed by atoms with Crippen molar-refractivity contribution in [2.75, 3.05) is 0 Å². The molecule has 0 radical (unpaired) electrons. The summed E-state index contributed by atoms with van der Waals surface area (Å²) in [5.74, 6) is -0.985. The number of aromatic carboxylic acids is 1. The molecule has 2 aliphatic rings. The molecular formula is C12H13NO4S. The van der Waals surface area contributed by atoms with Gasteiger partial charge < -0.3 is 5.11 Å². The number of rotatable bonds is 3. The maximum atomic E-state index is 12.1. The van der Waals surface area contributed by atoms with Crippen molar-refractivity contribution in [3.8, 4) is 0 Å². The summed E-state index contributed by atoms with van der Waals surface area (Å²) in [4.78, 5) is 10.9. The fourth-order valence-corrected chi connectivity index (χ4v) is 4.04. The van der Waals surface area contributed by atoms with Crippen molar-refractivity contribution in [1.29, 1.82) is 0 Å². The molecule has 1 fully saturated rings. The second kappa shape index (κ2) is 3.80. The van der Waals surface area contributed by atoms with Gasteiger partial charge in [0.1, 0.15) is 0 Å². The zero-order valence-electron chi connectivity index (χ0n) is 9.67. The fourth-order valence-electron chi connectivity index (χ4n) is 2.25. The normalized spacial score (nSPS) is 19.8. The van der Waals surface area contributed by atoms with E-state index < -0.39 is 16.0 Å². The van der Waals surface area contributed by atoms with Crippen LogP contribution in [0.15, 0.2) is 18.2 Å². The van der Waals surface area contributed by atoms with Gasteiger partial charge in [-0.2, -0.15) is 4.31 Å². The quantitative estimate of drug-likeness (QED) is 0.892. The molecule has 1 N–H and O–H groups in total. The first-order valence-corrected chi connectivity index (χ1v) is 7.33. The van der Waals surface area contributed by atoms with Crippen molar-refractivity contribution in [3.05, 3.63) is 34.9 Å². The van der Waals surface area contributed by atoms with E-state index in [-0.39, 0.29) is 10.8 Å². The standard InChI is InChI=1S/C12H13NO4S/c14-12(15)8-1-2-9-6-13(7-10(9)5-8)18(16,17)11-3-4-11/h1-2,5,11H,3-4,6-7H2,(H,14,15). The maximum absolute atomic E-state index is 12.1. The Hall–Kier alpha value is -1.40. The van der Waals surface area contributed by atoms with Crippen molar-refractivity contribution >= 4 is 16.0 Å². The van der Waals surface area contributed by atoms with Gasteiger partial charge in [0.2, 0.25) is 10.0 Å². The summed E-state index contributed by atoms with van der Waals surface area (Å²) in [6.07, 6.45) is 1.49. The minimum absolute atomic E-state index is 0.208. The van der Waals surface area contributed by atoms with Crippen LogP contribution in [0.25, 0.3) is 0 Å². The molecular weight excluding hydrogens is 254 g/mol. The van der Waals surface area contributed by atoms with Gasteiger partial charge in [-0.05, 0) is 36.1 Å². The van der Waals surface area contributed by atoms with Crippen LogP contribution in [0.4, 0.5) is 0 Å². The Kier molecular flexibility index (Phi) is 2.46. The van der Waals surface area contributed by atoms with Crippen molar-refractivity contribution in [3.63, 3.8) is 0 Å². The third-order valence-electron chi connectivity index (χ3n) is 3.45. The number of carboxylic acids is 1. The summed E-state index contributed by atoms with van der Waals surface area (Å²) in [6, 6.07) is 4.80. The molecule has 0 spiro atoms. The largest absolute Gasteiger partial charge is 0.478 e. The lowest BCUT2D eigenvalue weighted by molar-refractivity contribution is 0.0697. The maximum Gasteiger partial charge on any atom is 0.335 e. The minimum atomic E-state index is -3.18. The molecule has 1 aliphatic heterocycles. The van der Waals surface area contributed by atoms with E-state index in [0.29, 0.717) is 13.1 Å². The number of hydrogen-bond acceptors (Lipinski definition) is 3. The number of fused-ring (bicyclic) bond motifs is 1. The van der Waals surface area contributed by atoms with E-state index in [2.05, 4.69) is 0 Å². The van der Waals surface area contributed by atoms with Gasteiger partial charge in [-0.3, -0.25) is 0 Å². The fraction of sp³-hybridized carbons (Fsp3) is 0.417. The summed E-state index contributed by atoms with van der Waals surface area (Å²) < 4.78 is 25.6. The van der Waals surface area contributed by atoms with Crippen molar-refractivity contribution < 1.29 is 18.3 Å². The lowest BCUT2D eigenvalue weighted by Crippen LogP contribution is -2.28. The predicted molar refractivity (Wildman–Crippen MR) is 64.6 cm³/mol. The molecule has 0 amide bonds. The second-order valence-corrected chi connectivity index (χ2v) is 7.01. The molecule has 3 rings (SSSR count). The Balaban J connectivity index is 1.89. The number of nitrogens with zero attached hydrogens (tertiary/aromatic N) is 1. The predicted octanol–water partition coefficient (Wildman–Crippen LogP) is 1.19. The van der Waals surface area contributed by atoms with Crippen LogP contribution in [-0.4, -0.2) is 29.0 Å². The molecule has 1 saturated carbocycles. The first-order chi connectivity index (χ1) is 8.48. The molecule has 1 aromatic rings. The molecule has 5 nitrogen and oxygen atoms in total. The number of carbonyl (C=O) groups is 1. The Morgan fingerprint density at radius 2 is 1.89 bits per heavy atom. The number of sulfonamides is 1. The van der Waals surface area contributed by atoms with Crippen LogP contribution in [0.2, 0.25) is 0 Å². The van der Waals surface area contributed by atoms with Crippen LogP contribution in [-0.2, 0) is 23.1 Å². The molecule has 0 atom stereocenters. The number of carboxylic acid groups (broad SMARTS) is 1. The number of hydrogen-bond donors (Lipinski definition) is 1. The highest BCUT2D eigenvalue weighted by atomic mass is 32.2. The highest BCUT2D eigenvalue weighted by Gasteiger charge is 2.42. The topological polar surface area (TPSA) is 74.7 Å². The Labute approximate surface area is 105 Å². The van der Waals surface area contributed by atoms with Crippen LogP contribution in [0.5, 0.6) is 0 Å². The lowest BCUT2D eigenvalue weighted by atomic mass is 10.1. The van der Waals surface area contributed by atoms with Crippen LogP contribution < -0.4 is 0 Å². The molecule has 96 valence electrons. The third kappa shape index (κ3) is 1.81. The van der Waals surface area contributed by atoms with Crippen LogP contribution >= 0.6 is 0 Å². The molecule has 0 unspecified atom stereocenters. The number of benzene rings is 1. The molecule has 1 heterocycles. The highest BCUT2D eigenvalue weighted by molar-refractivity contribution is 7.90. The molecule has 1 aromatic carbocycles. The van der Waals surface area contributed by atoms with Gasteiger partial charge in [0.25, 0.3) is 0 Å². The van der Waals surface area contributed by atoms with Gasteiger partial charge in [0.15, 0.2) is 0 Å². The molecule has 0 aromatic heterocycles. The van der Waals surface area contributed by atoms with E-state index >= 15 is 0 Å². The monoisotopic (exact) mass is 267 g/mol. The molecule has 18 heavy (non-hydrogen) atoms. The van der Waals surface area contributed by atoms with E-state index in [1.165, 1.54) is 10.4 Å². The van der Waals surface area contributed by atoms with Gasteiger partial charge >= 0.3 is 5.97 Å². The average molecular weight is 267 g/mol. The smallest absolute Gasteiger partial charge is 0.335 e. The summed E-state index contributed by atoms with van der Waals surface area (Å²) >= 11 is 0. The van der Waals surface area contributed by atoms with Gasteiger partial charge in [-0.1, -0.05) is 6.07 Å². The molecule has 0 saturated heterocycles. The van der Waals surface area contributed by atoms with Crippen molar-refractivity contribution in [1.82, 2.24) is 4.31 Å². The average Bonchev–Trinajstić information content (AvgIpc) is 3.08. The summed E-state index contributed by atoms with van der Waals surface area (Å²) in [6.45, 7) is 0.670. The van der Waals surface area contributed by atoms with E-state index in [0.717, 1.165) is 24.0 Å². The van der Waals surface area contributed by atoms with Gasteiger partial charge in [0.05, 0.1) is 10.8 Å². The van der Waals surface area contributed by atoms with Crippen LogP contribution in [0.1, 0.15) is 34.3 Å². The Bertz CT molecular complexity index is 619. The van der Waals surface area contributed by atoms with Gasteiger partial charge in [-0.25, -0.2) is 13.2 Å². The first-order valence-electron chi connectivity index (χ1n) is 5.82. The zero-order valence-corrected chi connectivity index (χ0v) is 10.5. The minimum Gasteiger partial charge on any atom is -0.478 e. The first kappa shape index (κ1) is 11.7. The van der Waals surface area contributed by atoms with Gasteiger partial charge in [0, 0.05) is 13.1 Å². The summed E-state index contributed by atoms with van der Waals surface area (Å²) in [5, 5.41) is 8.69. The van der Waals surface area contributed by atoms with Crippen molar-refractivity contribution in [2.45, 2.75) is 31.2 Å². The molecule has 0 bridgehead atoms. The van der Waals surface area contributed by atoms with E-state index in [1.54, 1.807) is 12.1 Å². The van der Waals surface area contributed by atoms with E-state index in [1.807, 2.05) is 0 Å². The Morgan fingerprint density at radius 1 is 1.22 bits per heavy atom. The highest BCUT2D eigenvalue weighted by Crippen LogP contribution is 2.35. The lowest BCUT2D eigenvalue weighted by Gasteiger charge is -2.14. The van der Waals surface area contributed by atoms with Crippen LogP contribution in [0.3, 0.4) is 0 Å².